The highest BCUT2D eigenvalue weighted by atomic mass is 13.9. The minimum Gasteiger partial charge on any atom is -0.0617 e. The highest BCUT2D eigenvalue weighted by Crippen LogP contribution is 2.07. The zero-order valence-electron chi connectivity index (χ0n) is 6.62. The van der Waals surface area contributed by atoms with Crippen LogP contribution in [0.2, 0.25) is 0 Å². The molecule has 0 aliphatic heterocycles. The molecule has 56 valence electrons. The quantitative estimate of drug-likeness (QED) is 0.468. The summed E-state index contributed by atoms with van der Waals surface area (Å²) in [5, 5.41) is 0. The van der Waals surface area contributed by atoms with Gasteiger partial charge < -0.3 is 0 Å². The van der Waals surface area contributed by atoms with Gasteiger partial charge in [-0.05, 0) is 24.3 Å². The molecule has 2 aliphatic carbocycles. The predicted octanol–water partition coefficient (Wildman–Crippen LogP) is 2.85. The SMILES string of the molecule is C(=C=C1C=CC=C1)=C1C=CC=C1. The van der Waals surface area contributed by atoms with E-state index in [2.05, 4.69) is 11.5 Å². The molecule has 0 unspecified atom stereocenters. The van der Waals surface area contributed by atoms with Gasteiger partial charge in [0.05, 0.1) is 0 Å². The number of hydrogen-bond donors (Lipinski definition) is 0. The Kier molecular flexibility index (Phi) is 1.80. The van der Waals surface area contributed by atoms with Crippen molar-refractivity contribution in [1.29, 1.82) is 0 Å². The van der Waals surface area contributed by atoms with Gasteiger partial charge in [0, 0.05) is 11.1 Å². The molecule has 0 fully saturated rings. The van der Waals surface area contributed by atoms with Crippen molar-refractivity contribution in [2.75, 3.05) is 0 Å². The first-order chi connectivity index (χ1) is 5.95. The van der Waals surface area contributed by atoms with E-state index < -0.39 is 0 Å². The average molecular weight is 152 g/mol. The monoisotopic (exact) mass is 152 g/mol. The van der Waals surface area contributed by atoms with E-state index >= 15 is 0 Å². The predicted molar refractivity (Wildman–Crippen MR) is 50.6 cm³/mol. The van der Waals surface area contributed by atoms with Gasteiger partial charge in [0.25, 0.3) is 0 Å². The standard InChI is InChI=1S/C12H8/c1-2-6-11(5-1)9-10-12-7-3-4-8-12/h1-8H. The maximum atomic E-state index is 3.08. The van der Waals surface area contributed by atoms with E-state index in [0.29, 0.717) is 0 Å². The van der Waals surface area contributed by atoms with Crippen LogP contribution in [0, 0.1) is 0 Å². The Morgan fingerprint density at radius 3 is 1.25 bits per heavy atom. The average Bonchev–Trinajstić information content (AvgIpc) is 2.74. The van der Waals surface area contributed by atoms with Crippen LogP contribution in [0.3, 0.4) is 0 Å². The molecule has 0 aromatic carbocycles. The molecule has 12 heavy (non-hydrogen) atoms. The van der Waals surface area contributed by atoms with Gasteiger partial charge in [0.15, 0.2) is 0 Å². The van der Waals surface area contributed by atoms with Crippen LogP contribution in [-0.4, -0.2) is 0 Å². The molecule has 0 heteroatoms. The van der Waals surface area contributed by atoms with Crippen molar-refractivity contribution in [3.05, 3.63) is 71.2 Å². The van der Waals surface area contributed by atoms with E-state index in [1.165, 1.54) is 0 Å². The third-order valence-corrected chi connectivity index (χ3v) is 1.68. The highest BCUT2D eigenvalue weighted by Gasteiger charge is 1.88. The van der Waals surface area contributed by atoms with E-state index in [1.807, 2.05) is 48.6 Å². The van der Waals surface area contributed by atoms with Gasteiger partial charge in [-0.25, -0.2) is 0 Å². The van der Waals surface area contributed by atoms with Gasteiger partial charge in [0.1, 0.15) is 0 Å². The van der Waals surface area contributed by atoms with Crippen LogP contribution < -0.4 is 0 Å². The number of allylic oxidation sites excluding steroid dienone is 10. The maximum absolute atomic E-state index is 3.08. The molecule has 0 aromatic heterocycles. The summed E-state index contributed by atoms with van der Waals surface area (Å²) in [4.78, 5) is 0. The van der Waals surface area contributed by atoms with Crippen molar-refractivity contribution in [3.8, 4) is 0 Å². The van der Waals surface area contributed by atoms with Gasteiger partial charge in [-0.1, -0.05) is 35.8 Å². The molecule has 0 N–H and O–H groups in total. The largest absolute Gasteiger partial charge is 0.0617 e. The zero-order valence-corrected chi connectivity index (χ0v) is 6.62. The minimum absolute atomic E-state index is 1.08. The summed E-state index contributed by atoms with van der Waals surface area (Å²) >= 11 is 0. The molecule has 0 radical (unpaired) electrons. The van der Waals surface area contributed by atoms with E-state index in [-0.39, 0.29) is 0 Å². The summed E-state index contributed by atoms with van der Waals surface area (Å²) in [5.74, 6) is 0. The lowest BCUT2D eigenvalue weighted by atomic mass is 10.3. The molecular formula is C12H8. The van der Waals surface area contributed by atoms with Crippen molar-refractivity contribution in [2.24, 2.45) is 0 Å². The van der Waals surface area contributed by atoms with Crippen LogP contribution in [-0.2, 0) is 0 Å². The van der Waals surface area contributed by atoms with Crippen LogP contribution in [0.1, 0.15) is 0 Å². The van der Waals surface area contributed by atoms with Crippen LogP contribution >= 0.6 is 0 Å². The fourth-order valence-corrected chi connectivity index (χ4v) is 1.06. The third-order valence-electron chi connectivity index (χ3n) is 1.68. The van der Waals surface area contributed by atoms with Crippen LogP contribution in [0.5, 0.6) is 0 Å². The van der Waals surface area contributed by atoms with Crippen molar-refractivity contribution < 1.29 is 0 Å². The van der Waals surface area contributed by atoms with E-state index in [0.717, 1.165) is 11.1 Å². The first-order valence-corrected chi connectivity index (χ1v) is 3.90. The first-order valence-electron chi connectivity index (χ1n) is 3.90. The second-order valence-corrected chi connectivity index (χ2v) is 2.60. The summed E-state index contributed by atoms with van der Waals surface area (Å²) in [6, 6.07) is 0. The van der Waals surface area contributed by atoms with Crippen molar-refractivity contribution in [1.82, 2.24) is 0 Å². The van der Waals surface area contributed by atoms with Gasteiger partial charge in [0.2, 0.25) is 0 Å². The Balaban J connectivity index is 2.42. The second-order valence-electron chi connectivity index (χ2n) is 2.60. The minimum atomic E-state index is 1.08. The lowest BCUT2D eigenvalue weighted by Gasteiger charge is -1.77. The van der Waals surface area contributed by atoms with Gasteiger partial charge in [-0.2, -0.15) is 0 Å². The molecular weight excluding hydrogens is 144 g/mol. The zero-order chi connectivity index (χ0) is 8.23. The Bertz CT molecular complexity index is 331. The summed E-state index contributed by atoms with van der Waals surface area (Å²) in [6.07, 6.45) is 16.0. The molecule has 0 saturated heterocycles. The van der Waals surface area contributed by atoms with Crippen LogP contribution in [0.15, 0.2) is 71.2 Å². The van der Waals surface area contributed by atoms with Gasteiger partial charge in [-0.15, -0.1) is 0 Å². The molecule has 0 atom stereocenters. The second kappa shape index (κ2) is 3.11. The normalized spacial score (nSPS) is 17.3. The molecule has 0 amide bonds. The molecule has 0 bridgehead atoms. The Morgan fingerprint density at radius 1 is 0.583 bits per heavy atom. The Hall–Kier alpha value is -1.74. The van der Waals surface area contributed by atoms with Crippen LogP contribution in [0.4, 0.5) is 0 Å². The number of hydrogen-bond acceptors (Lipinski definition) is 0. The van der Waals surface area contributed by atoms with E-state index in [1.54, 1.807) is 0 Å². The molecule has 0 aromatic rings. The topological polar surface area (TPSA) is 0 Å². The molecule has 0 saturated carbocycles. The first kappa shape index (κ1) is 6.94. The Morgan fingerprint density at radius 2 is 0.917 bits per heavy atom. The summed E-state index contributed by atoms with van der Waals surface area (Å²) < 4.78 is 0. The summed E-state index contributed by atoms with van der Waals surface area (Å²) in [5.41, 5.74) is 8.31. The Labute approximate surface area is 71.9 Å². The van der Waals surface area contributed by atoms with Gasteiger partial charge >= 0.3 is 0 Å². The van der Waals surface area contributed by atoms with Crippen molar-refractivity contribution >= 4 is 0 Å². The van der Waals surface area contributed by atoms with Crippen molar-refractivity contribution in [2.45, 2.75) is 0 Å². The molecule has 0 nitrogen and oxygen atoms in total. The maximum Gasteiger partial charge on any atom is 0.0249 e. The number of rotatable bonds is 0. The van der Waals surface area contributed by atoms with E-state index in [4.69, 9.17) is 0 Å². The molecule has 0 spiro atoms. The van der Waals surface area contributed by atoms with Gasteiger partial charge in [-0.3, -0.25) is 0 Å². The van der Waals surface area contributed by atoms with Crippen molar-refractivity contribution in [3.63, 3.8) is 0 Å². The molecule has 2 rings (SSSR count). The fraction of sp³-hybridized carbons (Fsp3) is 0. The highest BCUT2D eigenvalue weighted by molar-refractivity contribution is 5.42. The molecule has 2 aliphatic rings. The lowest BCUT2D eigenvalue weighted by molar-refractivity contribution is 1.76. The lowest BCUT2D eigenvalue weighted by Crippen LogP contribution is -1.60. The summed E-state index contributed by atoms with van der Waals surface area (Å²) in [6.45, 7) is 0. The molecule has 0 heterocycles. The summed E-state index contributed by atoms with van der Waals surface area (Å²) in [7, 11) is 0. The fourth-order valence-electron chi connectivity index (χ4n) is 1.06. The smallest absolute Gasteiger partial charge is 0.0249 e. The third kappa shape index (κ3) is 1.46. The van der Waals surface area contributed by atoms with E-state index in [9.17, 15) is 0 Å². The van der Waals surface area contributed by atoms with Crippen LogP contribution in [0.25, 0.3) is 0 Å².